The fraction of sp³-hybridized carbons (Fsp3) is 0.524. The molecule has 1 fully saturated rings. The van der Waals surface area contributed by atoms with Crippen molar-refractivity contribution in [2.75, 3.05) is 0 Å². The zero-order valence-electron chi connectivity index (χ0n) is 17.8. The number of carbonyl (C=O) groups is 1. The lowest BCUT2D eigenvalue weighted by Gasteiger charge is -2.34. The molecule has 1 aliphatic rings. The van der Waals surface area contributed by atoms with Gasteiger partial charge in [-0.3, -0.25) is 14.6 Å². The molecule has 0 spiro atoms. The number of hydrogen-bond acceptors (Lipinski definition) is 5. The molecule has 2 aromatic rings. The summed E-state index contributed by atoms with van der Waals surface area (Å²) in [5.74, 6) is 0.232. The summed E-state index contributed by atoms with van der Waals surface area (Å²) in [6.45, 7) is 7.55. The van der Waals surface area contributed by atoms with E-state index < -0.39 is 21.8 Å². The maximum absolute atomic E-state index is 13.1. The molecule has 9 heteroatoms. The van der Waals surface area contributed by atoms with E-state index in [0.29, 0.717) is 12.0 Å². The summed E-state index contributed by atoms with van der Waals surface area (Å²) in [6, 6.07) is 6.33. The summed E-state index contributed by atoms with van der Waals surface area (Å²) in [6.07, 6.45) is 3.34. The first kappa shape index (κ1) is 22.3. The Morgan fingerprint density at radius 3 is 2.57 bits per heavy atom. The van der Waals surface area contributed by atoms with Gasteiger partial charge in [-0.2, -0.15) is 13.5 Å². The van der Waals surface area contributed by atoms with Gasteiger partial charge in [0.15, 0.2) is 0 Å². The Kier molecular flexibility index (Phi) is 6.24. The van der Waals surface area contributed by atoms with Crippen LogP contribution < -0.4 is 0 Å². The highest BCUT2D eigenvalue weighted by Gasteiger charge is 2.40. The number of H-pyrrole nitrogens is 1. The van der Waals surface area contributed by atoms with E-state index in [0.717, 1.165) is 24.1 Å². The van der Waals surface area contributed by atoms with E-state index in [1.54, 1.807) is 29.3 Å². The van der Waals surface area contributed by atoms with E-state index in [2.05, 4.69) is 10.2 Å². The second-order valence-electron chi connectivity index (χ2n) is 8.89. The van der Waals surface area contributed by atoms with Gasteiger partial charge in [-0.15, -0.1) is 0 Å². The Hall–Kier alpha value is -2.39. The van der Waals surface area contributed by atoms with E-state index in [1.807, 2.05) is 27.7 Å². The first-order valence-corrected chi connectivity index (χ1v) is 11.4. The van der Waals surface area contributed by atoms with Gasteiger partial charge in [0.2, 0.25) is 0 Å². The van der Waals surface area contributed by atoms with Crippen LogP contribution >= 0.6 is 0 Å². The first-order valence-electron chi connectivity index (χ1n) is 9.99. The van der Waals surface area contributed by atoms with Gasteiger partial charge in [0.1, 0.15) is 5.60 Å². The van der Waals surface area contributed by atoms with Gasteiger partial charge in [0.25, 0.3) is 10.1 Å². The van der Waals surface area contributed by atoms with Crippen molar-refractivity contribution in [3.8, 4) is 0 Å². The first-order chi connectivity index (χ1) is 13.9. The number of carbonyl (C=O) groups excluding carboxylic acids is 1. The van der Waals surface area contributed by atoms with Crippen LogP contribution in [0.2, 0.25) is 0 Å². The fourth-order valence-corrected chi connectivity index (χ4v) is 4.26. The summed E-state index contributed by atoms with van der Waals surface area (Å²) in [7, 11) is -4.38. The average molecular weight is 436 g/mol. The van der Waals surface area contributed by atoms with Crippen molar-refractivity contribution in [2.24, 2.45) is 5.92 Å². The zero-order valence-corrected chi connectivity index (χ0v) is 18.6. The number of nitrogens with one attached hydrogen (secondary N) is 1. The van der Waals surface area contributed by atoms with Gasteiger partial charge in [0, 0.05) is 12.2 Å². The number of aromatic amines is 1. The molecule has 8 nitrogen and oxygen atoms in total. The standard InChI is InChI=1S/C21H29N3O5S/c1-14-5-8-19(30(26,27)28)16(11-14)12-18(15-6-7-15)24(13-17-9-10-22-23-17)20(25)29-21(2,3)4/h5,8-11,15,18H,6-7,12-13H2,1-4H3,(H,22,23)(H,26,27,28). The quantitative estimate of drug-likeness (QED) is 0.641. The Bertz CT molecular complexity index is 992. The van der Waals surface area contributed by atoms with Crippen LogP contribution in [0.3, 0.4) is 0 Å². The second kappa shape index (κ2) is 8.39. The summed E-state index contributed by atoms with van der Waals surface area (Å²) in [4.78, 5) is 14.6. The Balaban J connectivity index is 1.97. The van der Waals surface area contributed by atoms with Crippen molar-refractivity contribution in [3.05, 3.63) is 47.3 Å². The fourth-order valence-electron chi connectivity index (χ4n) is 3.55. The minimum Gasteiger partial charge on any atom is -0.444 e. The monoisotopic (exact) mass is 435 g/mol. The maximum atomic E-state index is 13.1. The molecule has 1 unspecified atom stereocenters. The normalized spacial score (nSPS) is 15.6. The van der Waals surface area contributed by atoms with E-state index >= 15 is 0 Å². The highest BCUT2D eigenvalue weighted by molar-refractivity contribution is 7.85. The maximum Gasteiger partial charge on any atom is 0.410 e. The third-order valence-corrected chi connectivity index (χ3v) is 5.97. The summed E-state index contributed by atoms with van der Waals surface area (Å²) in [5, 5.41) is 6.83. The predicted molar refractivity (Wildman–Crippen MR) is 112 cm³/mol. The number of aromatic nitrogens is 2. The summed E-state index contributed by atoms with van der Waals surface area (Å²) < 4.78 is 39.2. The molecule has 1 atom stereocenters. The molecule has 1 heterocycles. The lowest BCUT2D eigenvalue weighted by Crippen LogP contribution is -2.45. The molecule has 1 aromatic heterocycles. The molecule has 30 heavy (non-hydrogen) atoms. The molecule has 0 bridgehead atoms. The molecule has 1 amide bonds. The van der Waals surface area contributed by atoms with Gasteiger partial charge in [-0.25, -0.2) is 4.79 Å². The van der Waals surface area contributed by atoms with Crippen LogP contribution in [0.15, 0.2) is 35.4 Å². The molecule has 3 rings (SSSR count). The van der Waals surface area contributed by atoms with Gasteiger partial charge >= 0.3 is 6.09 Å². The van der Waals surface area contributed by atoms with Gasteiger partial charge in [-0.1, -0.05) is 17.7 Å². The number of amides is 1. The number of benzene rings is 1. The molecule has 0 saturated heterocycles. The lowest BCUT2D eigenvalue weighted by molar-refractivity contribution is 0.0111. The van der Waals surface area contributed by atoms with Crippen molar-refractivity contribution < 1.29 is 22.5 Å². The number of nitrogens with zero attached hydrogens (tertiary/aromatic N) is 2. The minimum absolute atomic E-state index is 0.121. The highest BCUT2D eigenvalue weighted by atomic mass is 32.2. The summed E-state index contributed by atoms with van der Waals surface area (Å²) >= 11 is 0. The van der Waals surface area contributed by atoms with Crippen LogP contribution in [0.25, 0.3) is 0 Å². The highest BCUT2D eigenvalue weighted by Crippen LogP contribution is 2.39. The van der Waals surface area contributed by atoms with Crippen molar-refractivity contribution in [1.29, 1.82) is 0 Å². The van der Waals surface area contributed by atoms with E-state index in [9.17, 15) is 17.8 Å². The number of ether oxygens (including phenoxy) is 1. The van der Waals surface area contributed by atoms with E-state index in [-0.39, 0.29) is 23.4 Å². The molecule has 164 valence electrons. The third kappa shape index (κ3) is 5.82. The van der Waals surface area contributed by atoms with Crippen molar-refractivity contribution in [2.45, 2.75) is 70.0 Å². The largest absolute Gasteiger partial charge is 0.444 e. The SMILES string of the molecule is Cc1ccc(S(=O)(=O)O)c(CC(C2CC2)N(Cc2ccn[nH]2)C(=O)OC(C)(C)C)c1. The topological polar surface area (TPSA) is 113 Å². The minimum atomic E-state index is -4.38. The number of rotatable bonds is 7. The molecule has 0 radical (unpaired) electrons. The van der Waals surface area contributed by atoms with Crippen LogP contribution in [0.5, 0.6) is 0 Å². The van der Waals surface area contributed by atoms with Gasteiger partial charge in [-0.05, 0) is 70.6 Å². The third-order valence-electron chi connectivity index (χ3n) is 5.02. The van der Waals surface area contributed by atoms with Crippen molar-refractivity contribution >= 4 is 16.2 Å². The summed E-state index contributed by atoms with van der Waals surface area (Å²) in [5.41, 5.74) is 1.46. The molecular weight excluding hydrogens is 406 g/mol. The van der Waals surface area contributed by atoms with Gasteiger partial charge in [0.05, 0.1) is 17.1 Å². The van der Waals surface area contributed by atoms with Crippen LogP contribution in [0.1, 0.15) is 50.4 Å². The van der Waals surface area contributed by atoms with Crippen LogP contribution in [-0.2, 0) is 27.8 Å². The molecule has 0 aliphatic heterocycles. The van der Waals surface area contributed by atoms with Gasteiger partial charge < -0.3 is 4.74 Å². The Morgan fingerprint density at radius 2 is 2.03 bits per heavy atom. The van der Waals surface area contributed by atoms with E-state index in [1.165, 1.54) is 6.07 Å². The number of aryl methyl sites for hydroxylation is 1. The molecule has 1 aromatic carbocycles. The Labute approximate surface area is 177 Å². The van der Waals surface area contributed by atoms with Crippen LogP contribution in [0.4, 0.5) is 4.79 Å². The number of hydrogen-bond donors (Lipinski definition) is 2. The molecule has 2 N–H and O–H groups in total. The lowest BCUT2D eigenvalue weighted by atomic mass is 9.99. The molecule has 1 aliphatic carbocycles. The molecule has 1 saturated carbocycles. The van der Waals surface area contributed by atoms with Crippen molar-refractivity contribution in [3.63, 3.8) is 0 Å². The average Bonchev–Trinajstić information content (AvgIpc) is 3.31. The second-order valence-corrected chi connectivity index (χ2v) is 10.3. The van der Waals surface area contributed by atoms with Crippen molar-refractivity contribution in [1.82, 2.24) is 15.1 Å². The molecular formula is C21H29N3O5S. The van der Waals surface area contributed by atoms with Crippen LogP contribution in [0, 0.1) is 12.8 Å². The Morgan fingerprint density at radius 1 is 1.33 bits per heavy atom. The zero-order chi connectivity index (χ0) is 22.1. The predicted octanol–water partition coefficient (Wildman–Crippen LogP) is 3.72. The smallest absolute Gasteiger partial charge is 0.410 e. The van der Waals surface area contributed by atoms with E-state index in [4.69, 9.17) is 4.74 Å². The van der Waals surface area contributed by atoms with Crippen LogP contribution in [-0.4, -0.2) is 45.8 Å².